The monoisotopic (exact) mass is 293 g/mol. The van der Waals surface area contributed by atoms with Gasteiger partial charge in [0, 0.05) is 17.2 Å². The van der Waals surface area contributed by atoms with Crippen LogP contribution in [0.5, 0.6) is 0 Å². The summed E-state index contributed by atoms with van der Waals surface area (Å²) in [6.45, 7) is 0. The maximum atomic E-state index is 11.2. The number of sulfonamides is 1. The number of rotatable bonds is 3. The second-order valence-corrected chi connectivity index (χ2v) is 5.71. The second-order valence-electron chi connectivity index (χ2n) is 4.14. The molecule has 104 valence electrons. The Labute approximate surface area is 116 Å². The molecule has 7 nitrogen and oxygen atoms in total. The molecule has 0 saturated carbocycles. The van der Waals surface area contributed by atoms with Crippen molar-refractivity contribution >= 4 is 28.4 Å². The number of nitrogen functional groups attached to an aromatic ring is 1. The summed E-state index contributed by atoms with van der Waals surface area (Å²) < 4.78 is 22.3. The van der Waals surface area contributed by atoms with Crippen molar-refractivity contribution in [1.82, 2.24) is 4.98 Å². The third-order valence-electron chi connectivity index (χ3n) is 2.73. The van der Waals surface area contributed by atoms with E-state index in [1.54, 1.807) is 0 Å². The Kier molecular flexibility index (Phi) is 3.77. The van der Waals surface area contributed by atoms with E-state index in [1.165, 1.54) is 36.5 Å². The number of hydrogen-bond acceptors (Lipinski definition) is 6. The van der Waals surface area contributed by atoms with Crippen molar-refractivity contribution in [3.63, 3.8) is 0 Å². The molecule has 0 radical (unpaired) electrons. The zero-order valence-corrected chi connectivity index (χ0v) is 11.1. The van der Waals surface area contributed by atoms with E-state index >= 15 is 0 Å². The first-order valence-electron chi connectivity index (χ1n) is 5.54. The molecule has 0 spiro atoms. The normalized spacial score (nSPS) is 11.3. The lowest BCUT2D eigenvalue weighted by atomic mass is 9.80. The summed E-state index contributed by atoms with van der Waals surface area (Å²) in [7, 11) is -5.42. The predicted molar refractivity (Wildman–Crippen MR) is 75.3 cm³/mol. The Bertz CT molecular complexity index is 732. The van der Waals surface area contributed by atoms with Crippen LogP contribution in [0.2, 0.25) is 0 Å². The van der Waals surface area contributed by atoms with Crippen LogP contribution in [0.4, 0.5) is 5.82 Å². The molecule has 0 amide bonds. The molecule has 2 aromatic rings. The van der Waals surface area contributed by atoms with E-state index in [4.69, 9.17) is 20.9 Å². The fourth-order valence-electron chi connectivity index (χ4n) is 1.69. The first-order valence-corrected chi connectivity index (χ1v) is 7.08. The van der Waals surface area contributed by atoms with Gasteiger partial charge < -0.3 is 15.8 Å². The number of nitrogens with zero attached hydrogens (tertiary/aromatic N) is 1. The molecular weight excluding hydrogens is 281 g/mol. The highest BCUT2D eigenvalue weighted by atomic mass is 32.2. The molecule has 9 heteroatoms. The average Bonchev–Trinajstić information content (AvgIpc) is 2.38. The third kappa shape index (κ3) is 2.97. The van der Waals surface area contributed by atoms with Crippen molar-refractivity contribution in [2.24, 2.45) is 5.14 Å². The average molecular weight is 293 g/mol. The summed E-state index contributed by atoms with van der Waals surface area (Å²) in [6.07, 6.45) is 1.25. The van der Waals surface area contributed by atoms with E-state index in [0.29, 0.717) is 11.1 Å². The highest BCUT2D eigenvalue weighted by molar-refractivity contribution is 7.89. The first kappa shape index (κ1) is 14.5. The largest absolute Gasteiger partial charge is 0.490 e. The lowest BCUT2D eigenvalue weighted by Crippen LogP contribution is -2.30. The van der Waals surface area contributed by atoms with Gasteiger partial charge in [0.25, 0.3) is 0 Å². The van der Waals surface area contributed by atoms with Crippen LogP contribution in [0, 0.1) is 0 Å². The molecular formula is C11H12BN3O4S. The van der Waals surface area contributed by atoms with Crippen LogP contribution in [0.1, 0.15) is 0 Å². The molecule has 0 saturated heterocycles. The van der Waals surface area contributed by atoms with Crippen molar-refractivity contribution in [3.05, 3.63) is 36.5 Å². The fraction of sp³-hybridized carbons (Fsp3) is 0. The molecule has 0 aliphatic carbocycles. The number of primary sulfonamides is 1. The van der Waals surface area contributed by atoms with E-state index in [0.717, 1.165) is 0 Å². The first-order chi connectivity index (χ1) is 9.29. The van der Waals surface area contributed by atoms with E-state index < -0.39 is 17.1 Å². The molecule has 2 rings (SSSR count). The predicted octanol–water partition coefficient (Wildman–Crippen LogP) is -1.34. The molecule has 1 aromatic carbocycles. The van der Waals surface area contributed by atoms with E-state index in [1.807, 2.05) is 0 Å². The van der Waals surface area contributed by atoms with Crippen molar-refractivity contribution in [2.45, 2.75) is 4.90 Å². The van der Waals surface area contributed by atoms with E-state index in [-0.39, 0.29) is 16.2 Å². The van der Waals surface area contributed by atoms with Crippen LogP contribution >= 0.6 is 0 Å². The minimum absolute atomic E-state index is 0.0221. The summed E-state index contributed by atoms with van der Waals surface area (Å²) in [5, 5.41) is 23.2. The molecule has 6 N–H and O–H groups in total. The maximum absolute atomic E-state index is 11.2. The van der Waals surface area contributed by atoms with Crippen molar-refractivity contribution in [2.75, 3.05) is 5.73 Å². The van der Waals surface area contributed by atoms with Gasteiger partial charge in [0.15, 0.2) is 0 Å². The Morgan fingerprint density at radius 3 is 2.25 bits per heavy atom. The molecule has 1 heterocycles. The maximum Gasteiger partial charge on any atom is 0.490 e. The van der Waals surface area contributed by atoms with Crippen molar-refractivity contribution in [3.8, 4) is 11.1 Å². The quantitative estimate of drug-likeness (QED) is 0.516. The van der Waals surface area contributed by atoms with Gasteiger partial charge in [0.2, 0.25) is 10.0 Å². The zero-order chi connectivity index (χ0) is 14.9. The molecule has 0 unspecified atom stereocenters. The summed E-state index contributed by atoms with van der Waals surface area (Å²) in [4.78, 5) is 3.84. The number of benzene rings is 1. The highest BCUT2D eigenvalue weighted by Gasteiger charge is 2.15. The summed E-state index contributed by atoms with van der Waals surface area (Å²) in [6, 6.07) is 7.18. The van der Waals surface area contributed by atoms with Gasteiger partial charge in [0.05, 0.1) is 4.90 Å². The van der Waals surface area contributed by atoms with Crippen molar-refractivity contribution < 1.29 is 18.5 Å². The van der Waals surface area contributed by atoms with Gasteiger partial charge in [-0.1, -0.05) is 12.1 Å². The molecule has 1 aromatic heterocycles. The molecule has 0 fully saturated rings. The SMILES string of the molecule is Nc1ncc(B(O)O)cc1-c1ccc(S(N)(=O)=O)cc1. The van der Waals surface area contributed by atoms with Gasteiger partial charge in [-0.25, -0.2) is 18.5 Å². The number of aromatic nitrogens is 1. The van der Waals surface area contributed by atoms with E-state index in [9.17, 15) is 8.42 Å². The van der Waals surface area contributed by atoms with Gasteiger partial charge >= 0.3 is 7.12 Å². The van der Waals surface area contributed by atoms with Gasteiger partial charge in [-0.15, -0.1) is 0 Å². The Hall–Kier alpha value is -1.94. The molecule has 20 heavy (non-hydrogen) atoms. The van der Waals surface area contributed by atoms with Crippen LogP contribution in [0.3, 0.4) is 0 Å². The molecule has 0 aliphatic rings. The van der Waals surface area contributed by atoms with Crippen LogP contribution in [0.15, 0.2) is 41.4 Å². The lowest BCUT2D eigenvalue weighted by molar-refractivity contribution is 0.425. The fourth-order valence-corrected chi connectivity index (χ4v) is 2.20. The Morgan fingerprint density at radius 1 is 1.15 bits per heavy atom. The van der Waals surface area contributed by atoms with Gasteiger partial charge in [0.1, 0.15) is 5.82 Å². The Morgan fingerprint density at radius 2 is 1.75 bits per heavy atom. The third-order valence-corrected chi connectivity index (χ3v) is 3.66. The van der Waals surface area contributed by atoms with Gasteiger partial charge in [-0.3, -0.25) is 0 Å². The number of nitrogens with two attached hydrogens (primary N) is 2. The van der Waals surface area contributed by atoms with Crippen LogP contribution in [-0.2, 0) is 10.0 Å². The van der Waals surface area contributed by atoms with Crippen LogP contribution < -0.4 is 16.3 Å². The summed E-state index contributed by atoms with van der Waals surface area (Å²) in [5.74, 6) is 0.192. The minimum Gasteiger partial charge on any atom is -0.423 e. The smallest absolute Gasteiger partial charge is 0.423 e. The van der Waals surface area contributed by atoms with Gasteiger partial charge in [-0.2, -0.15) is 0 Å². The number of hydrogen-bond donors (Lipinski definition) is 4. The standard InChI is InChI=1S/C11H12BN3O4S/c13-11-10(5-8(6-15-11)12(16)17)7-1-3-9(4-2-7)20(14,18)19/h1-6,16-17H,(H2,13,15)(H2,14,18,19). The second kappa shape index (κ2) is 5.21. The van der Waals surface area contributed by atoms with E-state index in [2.05, 4.69) is 4.98 Å². The minimum atomic E-state index is -3.76. The molecule has 0 bridgehead atoms. The topological polar surface area (TPSA) is 140 Å². The van der Waals surface area contributed by atoms with Crippen LogP contribution in [-0.4, -0.2) is 30.6 Å². The van der Waals surface area contributed by atoms with Crippen LogP contribution in [0.25, 0.3) is 11.1 Å². The number of pyridine rings is 1. The van der Waals surface area contributed by atoms with Gasteiger partial charge in [-0.05, 0) is 23.8 Å². The highest BCUT2D eigenvalue weighted by Crippen LogP contribution is 2.24. The van der Waals surface area contributed by atoms with Crippen molar-refractivity contribution in [1.29, 1.82) is 0 Å². The lowest BCUT2D eigenvalue weighted by Gasteiger charge is -2.08. The zero-order valence-electron chi connectivity index (χ0n) is 10.3. The molecule has 0 atom stereocenters. The summed E-state index contributed by atoms with van der Waals surface area (Å²) in [5.41, 5.74) is 6.97. The number of anilines is 1. The Balaban J connectivity index is 2.49. The summed E-state index contributed by atoms with van der Waals surface area (Å²) >= 11 is 0. The molecule has 0 aliphatic heterocycles.